The van der Waals surface area contributed by atoms with Crippen molar-refractivity contribution < 1.29 is 9.50 Å². The number of thiophene rings is 1. The van der Waals surface area contributed by atoms with Crippen LogP contribution in [0, 0.1) is 5.82 Å². The van der Waals surface area contributed by atoms with Crippen molar-refractivity contribution in [2.75, 3.05) is 37.6 Å². The lowest BCUT2D eigenvalue weighted by Crippen LogP contribution is -2.47. The number of anilines is 1. The maximum atomic E-state index is 13.0. The van der Waals surface area contributed by atoms with Gasteiger partial charge >= 0.3 is 0 Å². The van der Waals surface area contributed by atoms with E-state index in [1.54, 1.807) is 11.3 Å². The number of hydrogen-bond acceptors (Lipinski definition) is 4. The first kappa shape index (κ1) is 20.1. The molecule has 1 saturated heterocycles. The summed E-state index contributed by atoms with van der Waals surface area (Å²) in [6.45, 7) is 5.20. The second kappa shape index (κ2) is 9.02. The molecular formula is C21H24ClFN2OS. The zero-order chi connectivity index (χ0) is 17.9. The van der Waals surface area contributed by atoms with E-state index in [9.17, 15) is 9.50 Å². The van der Waals surface area contributed by atoms with Crippen LogP contribution in [-0.2, 0) is 13.0 Å². The van der Waals surface area contributed by atoms with Crippen molar-refractivity contribution >= 4 is 39.5 Å². The molecule has 0 aliphatic carbocycles. The van der Waals surface area contributed by atoms with Crippen molar-refractivity contribution in [2.24, 2.45) is 0 Å². The molecule has 3 aromatic rings. The maximum Gasteiger partial charge on any atom is 0.123 e. The van der Waals surface area contributed by atoms with Gasteiger partial charge in [-0.1, -0.05) is 18.2 Å². The third-order valence-electron chi connectivity index (χ3n) is 5.09. The SMILES string of the molecule is Cl.OCc1cc2c(N3CCN(CCc4ccc(F)cc4)CC3)cccc2s1. The molecule has 6 heteroatoms. The van der Waals surface area contributed by atoms with Crippen LogP contribution >= 0.6 is 23.7 Å². The fourth-order valence-corrected chi connectivity index (χ4v) is 4.55. The first-order chi connectivity index (χ1) is 12.7. The highest BCUT2D eigenvalue weighted by molar-refractivity contribution is 7.19. The molecule has 1 fully saturated rings. The molecule has 0 amide bonds. The molecule has 0 atom stereocenters. The largest absolute Gasteiger partial charge is 0.391 e. The predicted molar refractivity (Wildman–Crippen MR) is 114 cm³/mol. The Morgan fingerprint density at radius 2 is 1.74 bits per heavy atom. The van der Waals surface area contributed by atoms with E-state index < -0.39 is 0 Å². The molecule has 1 aromatic heterocycles. The molecule has 0 bridgehead atoms. The molecule has 2 aromatic carbocycles. The van der Waals surface area contributed by atoms with Gasteiger partial charge < -0.3 is 10.0 Å². The van der Waals surface area contributed by atoms with Crippen LogP contribution in [0.5, 0.6) is 0 Å². The van der Waals surface area contributed by atoms with E-state index in [-0.39, 0.29) is 24.8 Å². The molecule has 27 heavy (non-hydrogen) atoms. The fraction of sp³-hybridized carbons (Fsp3) is 0.333. The van der Waals surface area contributed by atoms with Crippen LogP contribution in [0.2, 0.25) is 0 Å². The Labute approximate surface area is 169 Å². The number of hydrogen-bond donors (Lipinski definition) is 1. The molecule has 2 heterocycles. The second-order valence-corrected chi connectivity index (χ2v) is 7.93. The quantitative estimate of drug-likeness (QED) is 0.683. The van der Waals surface area contributed by atoms with Crippen LogP contribution in [0.25, 0.3) is 10.1 Å². The summed E-state index contributed by atoms with van der Waals surface area (Å²) in [7, 11) is 0. The van der Waals surface area contributed by atoms with E-state index in [2.05, 4.69) is 34.1 Å². The summed E-state index contributed by atoms with van der Waals surface area (Å²) in [5.74, 6) is -0.172. The predicted octanol–water partition coefficient (Wildman–Crippen LogP) is 4.32. The Morgan fingerprint density at radius 1 is 1.00 bits per heavy atom. The zero-order valence-electron chi connectivity index (χ0n) is 15.1. The number of fused-ring (bicyclic) bond motifs is 1. The third-order valence-corrected chi connectivity index (χ3v) is 6.17. The topological polar surface area (TPSA) is 26.7 Å². The Morgan fingerprint density at radius 3 is 2.44 bits per heavy atom. The smallest absolute Gasteiger partial charge is 0.123 e. The van der Waals surface area contributed by atoms with Crippen LogP contribution in [0.15, 0.2) is 48.5 Å². The highest BCUT2D eigenvalue weighted by Crippen LogP contribution is 2.33. The first-order valence-corrected chi connectivity index (χ1v) is 9.88. The van der Waals surface area contributed by atoms with Gasteiger partial charge in [-0.2, -0.15) is 0 Å². The van der Waals surface area contributed by atoms with Gasteiger partial charge in [0, 0.05) is 53.4 Å². The summed E-state index contributed by atoms with van der Waals surface area (Å²) >= 11 is 1.67. The first-order valence-electron chi connectivity index (χ1n) is 9.07. The monoisotopic (exact) mass is 406 g/mol. The number of aliphatic hydroxyl groups is 1. The lowest BCUT2D eigenvalue weighted by atomic mass is 10.1. The number of benzene rings is 2. The maximum absolute atomic E-state index is 13.0. The van der Waals surface area contributed by atoms with E-state index in [0.717, 1.165) is 44.0 Å². The third kappa shape index (κ3) is 4.61. The minimum atomic E-state index is -0.172. The van der Waals surface area contributed by atoms with Gasteiger partial charge in [-0.3, -0.25) is 4.90 Å². The standard InChI is InChI=1S/C21H23FN2OS.ClH/c22-17-6-4-16(5-7-17)8-9-23-10-12-24(13-11-23)20-2-1-3-21-19(20)14-18(15-25)26-21;/h1-7,14,25H,8-13,15H2;1H. The number of halogens is 2. The van der Waals surface area contributed by atoms with Crippen molar-refractivity contribution in [2.45, 2.75) is 13.0 Å². The number of rotatable bonds is 5. The molecule has 0 unspecified atom stereocenters. The van der Waals surface area contributed by atoms with Crippen molar-refractivity contribution in [3.05, 3.63) is 64.8 Å². The van der Waals surface area contributed by atoms with Gasteiger partial charge in [0.05, 0.1) is 6.61 Å². The second-order valence-electron chi connectivity index (χ2n) is 6.76. The van der Waals surface area contributed by atoms with Crippen LogP contribution in [0.3, 0.4) is 0 Å². The number of aliphatic hydroxyl groups excluding tert-OH is 1. The van der Waals surface area contributed by atoms with E-state index in [4.69, 9.17) is 0 Å². The summed E-state index contributed by atoms with van der Waals surface area (Å²) in [4.78, 5) is 5.95. The van der Waals surface area contributed by atoms with Crippen LogP contribution in [0.4, 0.5) is 10.1 Å². The summed E-state index contributed by atoms with van der Waals surface area (Å²) in [6, 6.07) is 15.4. The molecule has 1 N–H and O–H groups in total. The summed E-state index contributed by atoms with van der Waals surface area (Å²) in [5.41, 5.74) is 2.46. The highest BCUT2D eigenvalue weighted by Gasteiger charge is 2.19. The normalized spacial score (nSPS) is 15.1. The molecule has 1 aliphatic rings. The van der Waals surface area contributed by atoms with Gasteiger partial charge in [0.1, 0.15) is 5.82 Å². The van der Waals surface area contributed by atoms with Gasteiger partial charge in [-0.15, -0.1) is 23.7 Å². The van der Waals surface area contributed by atoms with Crippen LogP contribution < -0.4 is 4.90 Å². The minimum absolute atomic E-state index is 0. The van der Waals surface area contributed by atoms with E-state index in [1.165, 1.54) is 33.5 Å². The average Bonchev–Trinajstić information content (AvgIpc) is 3.11. The molecule has 0 radical (unpaired) electrons. The summed E-state index contributed by atoms with van der Waals surface area (Å²) < 4.78 is 14.2. The molecular weight excluding hydrogens is 383 g/mol. The molecule has 0 spiro atoms. The van der Waals surface area contributed by atoms with Gasteiger partial charge in [-0.25, -0.2) is 4.39 Å². The van der Waals surface area contributed by atoms with Crippen LogP contribution in [0.1, 0.15) is 10.4 Å². The van der Waals surface area contributed by atoms with Crippen molar-refractivity contribution in [1.82, 2.24) is 4.90 Å². The Balaban J connectivity index is 0.00000210. The molecule has 1 aliphatic heterocycles. The van der Waals surface area contributed by atoms with Gasteiger partial charge in [0.2, 0.25) is 0 Å². The van der Waals surface area contributed by atoms with Gasteiger partial charge in [-0.05, 0) is 42.3 Å². The molecule has 3 nitrogen and oxygen atoms in total. The average molecular weight is 407 g/mol. The van der Waals surface area contributed by atoms with E-state index >= 15 is 0 Å². The van der Waals surface area contributed by atoms with E-state index in [0.29, 0.717) is 0 Å². The fourth-order valence-electron chi connectivity index (χ4n) is 3.60. The van der Waals surface area contributed by atoms with Crippen LogP contribution in [-0.4, -0.2) is 42.7 Å². The summed E-state index contributed by atoms with van der Waals surface area (Å²) in [6.07, 6.45) is 0.959. The molecule has 0 saturated carbocycles. The number of nitrogens with zero attached hydrogens (tertiary/aromatic N) is 2. The Kier molecular flexibility index (Phi) is 6.71. The lowest BCUT2D eigenvalue weighted by Gasteiger charge is -2.36. The van der Waals surface area contributed by atoms with Crippen molar-refractivity contribution in [3.8, 4) is 0 Å². The minimum Gasteiger partial charge on any atom is -0.391 e. The van der Waals surface area contributed by atoms with E-state index in [1.807, 2.05) is 12.1 Å². The molecule has 144 valence electrons. The van der Waals surface area contributed by atoms with Gasteiger partial charge in [0.25, 0.3) is 0 Å². The number of piperazine rings is 1. The zero-order valence-corrected chi connectivity index (χ0v) is 16.7. The Bertz CT molecular complexity index is 876. The van der Waals surface area contributed by atoms with Gasteiger partial charge in [0.15, 0.2) is 0 Å². The lowest BCUT2D eigenvalue weighted by molar-refractivity contribution is 0.261. The molecule has 4 rings (SSSR count). The van der Waals surface area contributed by atoms with Crippen molar-refractivity contribution in [1.29, 1.82) is 0 Å². The Hall–Kier alpha value is -1.66. The highest BCUT2D eigenvalue weighted by atomic mass is 35.5. The summed E-state index contributed by atoms with van der Waals surface area (Å²) in [5, 5.41) is 10.7. The van der Waals surface area contributed by atoms with Crippen molar-refractivity contribution in [3.63, 3.8) is 0 Å².